The van der Waals surface area contributed by atoms with Crippen LogP contribution in [0.4, 0.5) is 0 Å². The molecular weight excluding hydrogens is 272 g/mol. The van der Waals surface area contributed by atoms with Gasteiger partial charge in [0.05, 0.1) is 31.3 Å². The summed E-state index contributed by atoms with van der Waals surface area (Å²) in [5.74, 6) is 0.134. The van der Waals surface area contributed by atoms with Crippen LogP contribution in [-0.2, 0) is 14.3 Å². The van der Waals surface area contributed by atoms with E-state index in [1.54, 1.807) is 0 Å². The maximum Gasteiger partial charge on any atom is 0.246 e. The molecule has 0 radical (unpaired) electrons. The molecule has 120 valence electrons. The molecule has 4 unspecified atom stereocenters. The molecule has 1 heterocycles. The van der Waals surface area contributed by atoms with Crippen molar-refractivity contribution in [2.24, 2.45) is 5.92 Å². The topological polar surface area (TPSA) is 78.9 Å². The summed E-state index contributed by atoms with van der Waals surface area (Å²) in [4.78, 5) is 24.2. The molecular formula is C15H26N2O4. The van der Waals surface area contributed by atoms with Crippen molar-refractivity contribution in [1.82, 2.24) is 10.2 Å². The molecule has 1 aliphatic heterocycles. The minimum Gasteiger partial charge on any atom is -0.389 e. The van der Waals surface area contributed by atoms with Gasteiger partial charge in [0.25, 0.3) is 0 Å². The molecule has 6 nitrogen and oxygen atoms in total. The standard InChI is InChI=1S/C15H26N2O4/c1-10-5-3-4-6-13(10)21-9-11(18)8-16-12-7-14(19)17(2)15(12)20/h10-13,16,18H,3-9H2,1-2H3. The molecule has 0 aromatic heterocycles. The lowest BCUT2D eigenvalue weighted by Crippen LogP contribution is -2.42. The third-order valence-corrected chi connectivity index (χ3v) is 4.52. The third-order valence-electron chi connectivity index (χ3n) is 4.52. The van der Waals surface area contributed by atoms with Crippen LogP contribution in [0.2, 0.25) is 0 Å². The second kappa shape index (κ2) is 7.33. The summed E-state index contributed by atoms with van der Waals surface area (Å²) in [6, 6.07) is -0.509. The molecule has 2 rings (SSSR count). The minimum absolute atomic E-state index is 0.169. The Kier molecular flexibility index (Phi) is 5.72. The summed E-state index contributed by atoms with van der Waals surface area (Å²) in [6.45, 7) is 2.72. The molecule has 2 fully saturated rings. The van der Waals surface area contributed by atoms with Crippen LogP contribution in [0.15, 0.2) is 0 Å². The van der Waals surface area contributed by atoms with Gasteiger partial charge in [-0.1, -0.05) is 19.8 Å². The highest BCUT2D eigenvalue weighted by atomic mass is 16.5. The van der Waals surface area contributed by atoms with Gasteiger partial charge >= 0.3 is 0 Å². The van der Waals surface area contributed by atoms with E-state index in [9.17, 15) is 14.7 Å². The fourth-order valence-corrected chi connectivity index (χ4v) is 3.02. The Morgan fingerprint density at radius 1 is 1.38 bits per heavy atom. The van der Waals surface area contributed by atoms with Crippen LogP contribution in [0.25, 0.3) is 0 Å². The Balaban J connectivity index is 1.67. The van der Waals surface area contributed by atoms with Gasteiger partial charge in [0.2, 0.25) is 11.8 Å². The normalized spacial score (nSPS) is 31.8. The Hall–Kier alpha value is -0.980. The van der Waals surface area contributed by atoms with Crippen molar-refractivity contribution in [1.29, 1.82) is 0 Å². The quantitative estimate of drug-likeness (QED) is 0.689. The average Bonchev–Trinajstić information content (AvgIpc) is 2.71. The summed E-state index contributed by atoms with van der Waals surface area (Å²) in [6.07, 6.45) is 4.43. The number of rotatable bonds is 6. The van der Waals surface area contributed by atoms with Crippen molar-refractivity contribution in [2.75, 3.05) is 20.2 Å². The maximum atomic E-state index is 11.7. The number of likely N-dealkylation sites (N-methyl/N-ethyl adjacent to an activating group) is 1. The smallest absolute Gasteiger partial charge is 0.246 e. The molecule has 2 N–H and O–H groups in total. The summed E-state index contributed by atoms with van der Waals surface area (Å²) in [5, 5.41) is 12.9. The van der Waals surface area contributed by atoms with Crippen LogP contribution in [0.3, 0.4) is 0 Å². The molecule has 1 saturated heterocycles. The van der Waals surface area contributed by atoms with Crippen molar-refractivity contribution in [3.63, 3.8) is 0 Å². The first-order chi connectivity index (χ1) is 9.99. The van der Waals surface area contributed by atoms with Gasteiger partial charge in [0.1, 0.15) is 0 Å². The predicted molar refractivity (Wildman–Crippen MR) is 77.6 cm³/mol. The van der Waals surface area contributed by atoms with Crippen molar-refractivity contribution < 1.29 is 19.4 Å². The highest BCUT2D eigenvalue weighted by Crippen LogP contribution is 2.26. The van der Waals surface area contributed by atoms with Gasteiger partial charge < -0.3 is 15.2 Å². The SMILES string of the molecule is CC1CCCCC1OCC(O)CNC1CC(=O)N(C)C1=O. The number of nitrogens with zero attached hydrogens (tertiary/aromatic N) is 1. The Morgan fingerprint density at radius 2 is 2.10 bits per heavy atom. The first kappa shape index (κ1) is 16.4. The number of imide groups is 1. The number of aliphatic hydroxyl groups is 1. The van der Waals surface area contributed by atoms with Gasteiger partial charge in [-0.15, -0.1) is 0 Å². The lowest BCUT2D eigenvalue weighted by atomic mass is 9.88. The zero-order valence-corrected chi connectivity index (χ0v) is 12.9. The number of carbonyl (C=O) groups is 2. The molecule has 0 spiro atoms. The second-order valence-electron chi connectivity index (χ2n) is 6.24. The van der Waals surface area contributed by atoms with Crippen LogP contribution < -0.4 is 5.32 Å². The van der Waals surface area contributed by atoms with E-state index in [1.807, 2.05) is 0 Å². The van der Waals surface area contributed by atoms with Crippen molar-refractivity contribution in [2.45, 2.75) is 57.3 Å². The van der Waals surface area contributed by atoms with E-state index in [1.165, 1.54) is 26.3 Å². The van der Waals surface area contributed by atoms with E-state index < -0.39 is 12.1 Å². The van der Waals surface area contributed by atoms with Gasteiger partial charge in [0.15, 0.2) is 0 Å². The van der Waals surface area contributed by atoms with Crippen LogP contribution in [0.5, 0.6) is 0 Å². The zero-order chi connectivity index (χ0) is 15.4. The highest BCUT2D eigenvalue weighted by molar-refractivity contribution is 6.05. The summed E-state index contributed by atoms with van der Waals surface area (Å²) < 4.78 is 5.79. The second-order valence-corrected chi connectivity index (χ2v) is 6.24. The van der Waals surface area contributed by atoms with E-state index in [2.05, 4.69) is 12.2 Å². The molecule has 2 aliphatic rings. The maximum absolute atomic E-state index is 11.7. The lowest BCUT2D eigenvalue weighted by molar-refractivity contribution is -0.137. The Bertz CT molecular complexity index is 388. The van der Waals surface area contributed by atoms with Crippen LogP contribution in [0.1, 0.15) is 39.0 Å². The van der Waals surface area contributed by atoms with Crippen LogP contribution in [-0.4, -0.2) is 60.3 Å². The van der Waals surface area contributed by atoms with Gasteiger partial charge in [-0.25, -0.2) is 0 Å². The third kappa shape index (κ3) is 4.25. The van der Waals surface area contributed by atoms with Gasteiger partial charge in [-0.05, 0) is 18.8 Å². The fraction of sp³-hybridized carbons (Fsp3) is 0.867. The Morgan fingerprint density at radius 3 is 2.71 bits per heavy atom. The van der Waals surface area contributed by atoms with Crippen LogP contribution in [0, 0.1) is 5.92 Å². The predicted octanol–water partition coefficient (Wildman–Crippen LogP) is 0.289. The van der Waals surface area contributed by atoms with Gasteiger partial charge in [-0.3, -0.25) is 14.5 Å². The number of ether oxygens (including phenoxy) is 1. The van der Waals surface area contributed by atoms with E-state index >= 15 is 0 Å². The fourth-order valence-electron chi connectivity index (χ4n) is 3.02. The molecule has 2 amide bonds. The molecule has 0 aromatic rings. The van der Waals surface area contributed by atoms with E-state index in [-0.39, 0.29) is 37.5 Å². The summed E-state index contributed by atoms with van der Waals surface area (Å²) >= 11 is 0. The van der Waals surface area contributed by atoms with E-state index in [0.29, 0.717) is 5.92 Å². The number of aliphatic hydroxyl groups excluding tert-OH is 1. The minimum atomic E-state index is -0.659. The number of carbonyl (C=O) groups excluding carboxylic acids is 2. The first-order valence-corrected chi connectivity index (χ1v) is 7.82. The van der Waals surface area contributed by atoms with Crippen molar-refractivity contribution in [3.8, 4) is 0 Å². The average molecular weight is 298 g/mol. The molecule has 6 heteroatoms. The molecule has 21 heavy (non-hydrogen) atoms. The summed E-state index contributed by atoms with van der Waals surface area (Å²) in [7, 11) is 1.48. The van der Waals surface area contributed by atoms with Crippen molar-refractivity contribution >= 4 is 11.8 Å². The largest absolute Gasteiger partial charge is 0.389 e. The molecule has 1 saturated carbocycles. The number of hydrogen-bond donors (Lipinski definition) is 2. The van der Waals surface area contributed by atoms with Crippen LogP contribution >= 0.6 is 0 Å². The monoisotopic (exact) mass is 298 g/mol. The summed E-state index contributed by atoms with van der Waals surface area (Å²) in [5.41, 5.74) is 0. The number of amides is 2. The van der Waals surface area contributed by atoms with E-state index in [0.717, 1.165) is 11.3 Å². The number of nitrogens with one attached hydrogen (secondary N) is 1. The Labute approximate surface area is 125 Å². The van der Waals surface area contributed by atoms with E-state index in [4.69, 9.17) is 4.74 Å². The van der Waals surface area contributed by atoms with Gasteiger partial charge in [-0.2, -0.15) is 0 Å². The molecule has 4 atom stereocenters. The number of hydrogen-bond acceptors (Lipinski definition) is 5. The lowest BCUT2D eigenvalue weighted by Gasteiger charge is -2.29. The highest BCUT2D eigenvalue weighted by Gasteiger charge is 2.35. The number of likely N-dealkylation sites (tertiary alicyclic amines) is 1. The molecule has 0 aromatic carbocycles. The van der Waals surface area contributed by atoms with Gasteiger partial charge in [0, 0.05) is 13.6 Å². The zero-order valence-electron chi connectivity index (χ0n) is 12.9. The molecule has 1 aliphatic carbocycles. The first-order valence-electron chi connectivity index (χ1n) is 7.82. The molecule has 0 bridgehead atoms. The van der Waals surface area contributed by atoms with Crippen molar-refractivity contribution in [3.05, 3.63) is 0 Å².